The highest BCUT2D eigenvalue weighted by molar-refractivity contribution is 6.42. The molecule has 3 unspecified atom stereocenters. The van der Waals surface area contributed by atoms with Crippen molar-refractivity contribution >= 4 is 58.9 Å². The van der Waals surface area contributed by atoms with Crippen molar-refractivity contribution in [1.82, 2.24) is 20.4 Å². The fraction of sp³-hybridized carbons (Fsp3) is 0.585. The summed E-state index contributed by atoms with van der Waals surface area (Å²) in [4.78, 5) is 69.5. The van der Waals surface area contributed by atoms with E-state index >= 15 is 0 Å². The Morgan fingerprint density at radius 2 is 1.43 bits per heavy atom. The van der Waals surface area contributed by atoms with Gasteiger partial charge in [0.15, 0.2) is 0 Å². The van der Waals surface area contributed by atoms with Gasteiger partial charge in [-0.25, -0.2) is 14.4 Å². The summed E-state index contributed by atoms with van der Waals surface area (Å²) in [6, 6.07) is 10.0. The first kappa shape index (κ1) is 46.3. The molecule has 3 rings (SSSR count). The highest BCUT2D eigenvalue weighted by atomic mass is 35.5. The Kier molecular flexibility index (Phi) is 16.4. The minimum absolute atomic E-state index is 0.0637. The molecule has 56 heavy (non-hydrogen) atoms. The number of nitrogens with one attached hydrogen (secondary N) is 3. The van der Waals surface area contributed by atoms with E-state index in [9.17, 15) is 24.0 Å². The lowest BCUT2D eigenvalue weighted by Gasteiger charge is -2.33. The molecule has 15 heteroatoms. The third-order valence-corrected chi connectivity index (χ3v) is 9.64. The number of likely N-dealkylation sites (tertiary alicyclic amines) is 1. The van der Waals surface area contributed by atoms with Gasteiger partial charge in [-0.2, -0.15) is 0 Å². The van der Waals surface area contributed by atoms with Crippen LogP contribution in [0.1, 0.15) is 92.8 Å². The van der Waals surface area contributed by atoms with E-state index in [2.05, 4.69) is 20.9 Å². The van der Waals surface area contributed by atoms with Crippen molar-refractivity contribution in [2.75, 3.05) is 32.0 Å². The summed E-state index contributed by atoms with van der Waals surface area (Å²) in [6.45, 7) is 19.1. The van der Waals surface area contributed by atoms with E-state index in [0.717, 1.165) is 5.56 Å². The monoisotopic (exact) mass is 819 g/mol. The maximum atomic E-state index is 13.8. The van der Waals surface area contributed by atoms with Gasteiger partial charge >= 0.3 is 18.2 Å². The zero-order valence-corrected chi connectivity index (χ0v) is 36.0. The Balaban J connectivity index is 1.83. The molecule has 4 atom stereocenters. The number of carbonyl (C=O) groups is 5. The largest absolute Gasteiger partial charge is 0.459 e. The highest BCUT2D eigenvalue weighted by Crippen LogP contribution is 2.28. The highest BCUT2D eigenvalue weighted by Gasteiger charge is 2.35. The van der Waals surface area contributed by atoms with Crippen molar-refractivity contribution in [2.24, 2.45) is 11.8 Å². The maximum absolute atomic E-state index is 13.8. The van der Waals surface area contributed by atoms with Crippen LogP contribution in [0.2, 0.25) is 10.0 Å². The van der Waals surface area contributed by atoms with Crippen LogP contribution in [0.25, 0.3) is 0 Å². The Hall–Kier alpha value is -4.07. The second-order valence-corrected chi connectivity index (χ2v) is 17.7. The van der Waals surface area contributed by atoms with Gasteiger partial charge in [0, 0.05) is 32.4 Å². The number of alkyl carbamates (subject to hydrolysis) is 2. The number of rotatable bonds is 14. The maximum Gasteiger partial charge on any atom is 0.408 e. The number of amides is 4. The van der Waals surface area contributed by atoms with Gasteiger partial charge in [0.25, 0.3) is 0 Å². The predicted molar refractivity (Wildman–Crippen MR) is 218 cm³/mol. The summed E-state index contributed by atoms with van der Waals surface area (Å²) >= 11 is 12.4. The Bertz CT molecular complexity index is 1710. The summed E-state index contributed by atoms with van der Waals surface area (Å²) in [5.41, 5.74) is 0.456. The molecule has 0 spiro atoms. The minimum Gasteiger partial charge on any atom is -0.459 e. The lowest BCUT2D eigenvalue weighted by atomic mass is 10.0. The van der Waals surface area contributed by atoms with Gasteiger partial charge < -0.3 is 35.1 Å². The fourth-order valence-corrected chi connectivity index (χ4v) is 6.38. The third-order valence-electron chi connectivity index (χ3n) is 8.90. The molecule has 0 aromatic heterocycles. The van der Waals surface area contributed by atoms with E-state index in [1.165, 1.54) is 0 Å². The molecular weight excluding hydrogens is 761 g/mol. The number of anilines is 1. The quantitative estimate of drug-likeness (QED) is 0.131. The Morgan fingerprint density at radius 3 is 1.98 bits per heavy atom. The molecule has 13 nitrogen and oxygen atoms in total. The molecule has 1 aliphatic heterocycles. The summed E-state index contributed by atoms with van der Waals surface area (Å²) in [6.07, 6.45) is -1.23. The van der Waals surface area contributed by atoms with Crippen molar-refractivity contribution < 1.29 is 38.2 Å². The van der Waals surface area contributed by atoms with Crippen LogP contribution < -0.4 is 16.0 Å². The summed E-state index contributed by atoms with van der Waals surface area (Å²) in [5.74, 6) is -1.64. The average molecular weight is 821 g/mol. The number of halogens is 2. The topological polar surface area (TPSA) is 156 Å². The van der Waals surface area contributed by atoms with E-state index < -0.39 is 59.5 Å². The number of carbonyl (C=O) groups excluding carboxylic acids is 5. The molecule has 1 heterocycles. The van der Waals surface area contributed by atoms with Gasteiger partial charge in [-0.15, -0.1) is 0 Å². The minimum atomic E-state index is -0.899. The van der Waals surface area contributed by atoms with E-state index in [4.69, 9.17) is 37.4 Å². The van der Waals surface area contributed by atoms with E-state index in [1.807, 2.05) is 33.8 Å². The zero-order chi connectivity index (χ0) is 42.1. The molecule has 4 amide bonds. The molecule has 0 bridgehead atoms. The molecule has 0 saturated carbocycles. The molecule has 0 radical (unpaired) electrons. The van der Waals surface area contributed by atoms with Gasteiger partial charge in [-0.05, 0) is 95.2 Å². The van der Waals surface area contributed by atoms with E-state index in [1.54, 1.807) is 89.9 Å². The molecule has 2 aromatic rings. The smallest absolute Gasteiger partial charge is 0.408 e. The van der Waals surface area contributed by atoms with Gasteiger partial charge in [0.2, 0.25) is 11.8 Å². The first-order valence-electron chi connectivity index (χ1n) is 18.9. The van der Waals surface area contributed by atoms with Crippen LogP contribution in [0, 0.1) is 11.8 Å². The number of hydrogen-bond donors (Lipinski definition) is 3. The summed E-state index contributed by atoms with van der Waals surface area (Å²) in [5, 5.41) is 8.99. The number of esters is 1. The van der Waals surface area contributed by atoms with Crippen molar-refractivity contribution in [1.29, 1.82) is 0 Å². The molecule has 310 valence electrons. The standard InChI is InChI=1S/C41H59Cl2N5O8/c1-24(2)34(45-38(52)55-40(5,6)7)36(50)44-28-14-12-13-27(21-28)32(47(11)33(49)20-26-15-16-30(42)31(43)19-26)23-48-18-17-29(22-48)54-37(51)35(25(3)4)46-39(53)56-41(8,9)10/h12-16,19,21,24-25,29,32,34-35H,17-18,20,22-23H2,1-11H3,(H,44,50)(H,45,52)(H,46,53)/t29?,32-,34?,35?/m1/s1. The lowest BCUT2D eigenvalue weighted by molar-refractivity contribution is -0.152. The van der Waals surface area contributed by atoms with Gasteiger partial charge in [0.1, 0.15) is 29.4 Å². The number of hydrogen-bond acceptors (Lipinski definition) is 9. The SMILES string of the molecule is CC(C)C(NC(=O)OC(C)(C)C)C(=O)Nc1cccc([C@@H](CN2CCC(OC(=O)C(NC(=O)OC(C)(C)C)C(C)C)C2)N(C)C(=O)Cc2ccc(Cl)c(Cl)c2)c1. The summed E-state index contributed by atoms with van der Waals surface area (Å²) in [7, 11) is 1.72. The zero-order valence-electron chi connectivity index (χ0n) is 34.5. The molecule has 1 aliphatic rings. The molecule has 1 saturated heterocycles. The number of likely N-dealkylation sites (N-methyl/N-ethyl adjacent to an activating group) is 1. The fourth-order valence-electron chi connectivity index (χ4n) is 6.06. The van der Waals surface area contributed by atoms with Crippen LogP contribution in [0.4, 0.5) is 15.3 Å². The van der Waals surface area contributed by atoms with Crippen LogP contribution >= 0.6 is 23.2 Å². The third kappa shape index (κ3) is 14.8. The molecule has 2 aromatic carbocycles. The van der Waals surface area contributed by atoms with Crippen molar-refractivity contribution in [2.45, 2.75) is 118 Å². The first-order chi connectivity index (χ1) is 25.9. The molecule has 1 fully saturated rings. The van der Waals surface area contributed by atoms with Gasteiger partial charge in [-0.1, -0.05) is 69.1 Å². The van der Waals surface area contributed by atoms with Crippen LogP contribution in [0.15, 0.2) is 42.5 Å². The summed E-state index contributed by atoms with van der Waals surface area (Å²) < 4.78 is 16.6. The van der Waals surface area contributed by atoms with Crippen LogP contribution in [-0.4, -0.2) is 95.8 Å². The van der Waals surface area contributed by atoms with Gasteiger partial charge in [0.05, 0.1) is 22.5 Å². The van der Waals surface area contributed by atoms with Crippen LogP contribution in [0.3, 0.4) is 0 Å². The van der Waals surface area contributed by atoms with Crippen LogP contribution in [0.5, 0.6) is 0 Å². The molecule has 3 N–H and O–H groups in total. The Labute approximate surface area is 341 Å². The van der Waals surface area contributed by atoms with E-state index in [0.29, 0.717) is 47.4 Å². The number of benzene rings is 2. The molecule has 0 aliphatic carbocycles. The second-order valence-electron chi connectivity index (χ2n) is 16.9. The Morgan fingerprint density at radius 1 is 0.839 bits per heavy atom. The lowest BCUT2D eigenvalue weighted by Crippen LogP contribution is -2.48. The number of ether oxygens (including phenoxy) is 3. The predicted octanol–water partition coefficient (Wildman–Crippen LogP) is 7.39. The first-order valence-corrected chi connectivity index (χ1v) is 19.7. The van der Waals surface area contributed by atoms with Crippen LogP contribution in [-0.2, 0) is 35.0 Å². The van der Waals surface area contributed by atoms with Crippen molar-refractivity contribution in [3.05, 3.63) is 63.6 Å². The molecular formula is C41H59Cl2N5O8. The van der Waals surface area contributed by atoms with Crippen molar-refractivity contribution in [3.63, 3.8) is 0 Å². The van der Waals surface area contributed by atoms with Crippen molar-refractivity contribution in [3.8, 4) is 0 Å². The average Bonchev–Trinajstić information content (AvgIpc) is 3.51. The second kappa shape index (κ2) is 19.9. The normalized spacial score (nSPS) is 16.4. The van der Waals surface area contributed by atoms with Gasteiger partial charge in [-0.3, -0.25) is 14.5 Å². The number of nitrogens with zero attached hydrogens (tertiary/aromatic N) is 2. The van der Waals surface area contributed by atoms with E-state index in [-0.39, 0.29) is 24.2 Å².